The molecule has 0 aromatic heterocycles. The van der Waals surface area contributed by atoms with Crippen LogP contribution in [-0.4, -0.2) is 11.7 Å². The lowest BCUT2D eigenvalue weighted by molar-refractivity contribution is -0.115. The van der Waals surface area contributed by atoms with E-state index in [1.54, 1.807) is 11.8 Å². The normalized spacial score (nSPS) is 10.1. The van der Waals surface area contributed by atoms with Crippen molar-refractivity contribution in [2.45, 2.75) is 19.6 Å². The largest absolute Gasteiger partial charge is 0.369 e. The molecule has 76 valence electrons. The second-order valence-corrected chi connectivity index (χ2v) is 4.37. The summed E-state index contributed by atoms with van der Waals surface area (Å²) in [5, 5.41) is 0. The Bertz CT molecular complexity index is 336. The molecule has 1 amide bonds. The molecule has 3 heteroatoms. The molecule has 0 unspecified atom stereocenters. The van der Waals surface area contributed by atoms with Crippen LogP contribution in [0.1, 0.15) is 16.7 Å². The van der Waals surface area contributed by atoms with E-state index in [1.165, 1.54) is 16.7 Å². The van der Waals surface area contributed by atoms with Crippen LogP contribution in [0.3, 0.4) is 0 Å². The van der Waals surface area contributed by atoms with Crippen LogP contribution in [-0.2, 0) is 10.5 Å². The zero-order valence-corrected chi connectivity index (χ0v) is 9.36. The van der Waals surface area contributed by atoms with Gasteiger partial charge in [0.1, 0.15) is 0 Å². The Balaban J connectivity index is 2.57. The lowest BCUT2D eigenvalue weighted by Gasteiger charge is -2.05. The topological polar surface area (TPSA) is 43.1 Å². The van der Waals surface area contributed by atoms with Crippen LogP contribution in [0.15, 0.2) is 18.2 Å². The van der Waals surface area contributed by atoms with E-state index in [2.05, 4.69) is 32.0 Å². The summed E-state index contributed by atoms with van der Waals surface area (Å²) in [6, 6.07) is 6.36. The van der Waals surface area contributed by atoms with Crippen molar-refractivity contribution in [1.29, 1.82) is 0 Å². The Morgan fingerprint density at radius 1 is 1.43 bits per heavy atom. The summed E-state index contributed by atoms with van der Waals surface area (Å²) in [5.74, 6) is 1.00. The van der Waals surface area contributed by atoms with Crippen molar-refractivity contribution in [2.24, 2.45) is 5.73 Å². The predicted molar refractivity (Wildman–Crippen MR) is 61.3 cm³/mol. The van der Waals surface area contributed by atoms with Gasteiger partial charge in [0, 0.05) is 5.75 Å². The predicted octanol–water partition coefficient (Wildman–Crippen LogP) is 2.02. The first-order chi connectivity index (χ1) is 6.59. The van der Waals surface area contributed by atoms with Gasteiger partial charge < -0.3 is 5.73 Å². The zero-order valence-electron chi connectivity index (χ0n) is 8.54. The van der Waals surface area contributed by atoms with Crippen LogP contribution in [0.4, 0.5) is 0 Å². The summed E-state index contributed by atoms with van der Waals surface area (Å²) in [5.41, 5.74) is 8.88. The van der Waals surface area contributed by atoms with E-state index < -0.39 is 0 Å². The van der Waals surface area contributed by atoms with E-state index in [1.807, 2.05) is 0 Å². The summed E-state index contributed by atoms with van der Waals surface area (Å²) in [7, 11) is 0. The van der Waals surface area contributed by atoms with Crippen molar-refractivity contribution in [3.8, 4) is 0 Å². The number of carbonyl (C=O) groups is 1. The van der Waals surface area contributed by atoms with Crippen molar-refractivity contribution >= 4 is 17.7 Å². The molecule has 0 aliphatic rings. The van der Waals surface area contributed by atoms with Gasteiger partial charge in [-0.25, -0.2) is 0 Å². The minimum atomic E-state index is -0.250. The van der Waals surface area contributed by atoms with Crippen LogP contribution < -0.4 is 5.73 Å². The maximum atomic E-state index is 10.5. The molecule has 2 N–H and O–H groups in total. The maximum Gasteiger partial charge on any atom is 0.227 e. The second kappa shape index (κ2) is 5.05. The van der Waals surface area contributed by atoms with Crippen molar-refractivity contribution in [3.63, 3.8) is 0 Å². The number of thioether (sulfide) groups is 1. The molecule has 14 heavy (non-hydrogen) atoms. The standard InChI is InChI=1S/C11H15NOS/c1-8-3-4-9(2)10(5-8)6-14-7-11(12)13/h3-5H,6-7H2,1-2H3,(H2,12,13). The Kier molecular flexibility index (Phi) is 4.01. The quantitative estimate of drug-likeness (QED) is 0.824. The number of amides is 1. The first-order valence-electron chi connectivity index (χ1n) is 4.52. The lowest BCUT2D eigenvalue weighted by atomic mass is 10.1. The monoisotopic (exact) mass is 209 g/mol. The highest BCUT2D eigenvalue weighted by atomic mass is 32.2. The van der Waals surface area contributed by atoms with Crippen molar-refractivity contribution in [1.82, 2.24) is 0 Å². The van der Waals surface area contributed by atoms with Crippen molar-refractivity contribution in [3.05, 3.63) is 34.9 Å². The SMILES string of the molecule is Cc1ccc(C)c(CSCC(N)=O)c1. The van der Waals surface area contributed by atoms with Gasteiger partial charge in [-0.3, -0.25) is 4.79 Å². The van der Waals surface area contributed by atoms with Crippen LogP contribution >= 0.6 is 11.8 Å². The zero-order chi connectivity index (χ0) is 10.6. The van der Waals surface area contributed by atoms with E-state index in [-0.39, 0.29) is 5.91 Å². The smallest absolute Gasteiger partial charge is 0.227 e. The highest BCUT2D eigenvalue weighted by Crippen LogP contribution is 2.17. The van der Waals surface area contributed by atoms with E-state index in [4.69, 9.17) is 5.73 Å². The molecule has 0 bridgehead atoms. The third-order valence-corrected chi connectivity index (χ3v) is 3.01. The highest BCUT2D eigenvalue weighted by Gasteiger charge is 2.00. The summed E-state index contributed by atoms with van der Waals surface area (Å²) in [4.78, 5) is 10.5. The number of hydrogen-bond donors (Lipinski definition) is 1. The average molecular weight is 209 g/mol. The van der Waals surface area contributed by atoms with Gasteiger partial charge in [0.2, 0.25) is 5.91 Å². The molecule has 0 aliphatic carbocycles. The van der Waals surface area contributed by atoms with Crippen LogP contribution in [0, 0.1) is 13.8 Å². The summed E-state index contributed by atoms with van der Waals surface area (Å²) < 4.78 is 0. The van der Waals surface area contributed by atoms with Crippen LogP contribution in [0.25, 0.3) is 0 Å². The fourth-order valence-corrected chi connectivity index (χ4v) is 2.05. The lowest BCUT2D eigenvalue weighted by Crippen LogP contribution is -2.13. The number of nitrogens with two attached hydrogens (primary N) is 1. The van der Waals surface area contributed by atoms with Gasteiger partial charge in [-0.15, -0.1) is 11.8 Å². The number of benzene rings is 1. The fourth-order valence-electron chi connectivity index (χ4n) is 1.22. The van der Waals surface area contributed by atoms with E-state index in [9.17, 15) is 4.79 Å². The van der Waals surface area contributed by atoms with Crippen molar-refractivity contribution in [2.75, 3.05) is 5.75 Å². The molecular weight excluding hydrogens is 194 g/mol. The molecular formula is C11H15NOS. The van der Waals surface area contributed by atoms with Crippen molar-refractivity contribution < 1.29 is 4.79 Å². The van der Waals surface area contributed by atoms with Crippen LogP contribution in [0.2, 0.25) is 0 Å². The highest BCUT2D eigenvalue weighted by molar-refractivity contribution is 7.99. The van der Waals surface area contributed by atoms with Gasteiger partial charge in [0.15, 0.2) is 0 Å². The molecule has 0 fully saturated rings. The van der Waals surface area contributed by atoms with Crippen LogP contribution in [0.5, 0.6) is 0 Å². The van der Waals surface area contributed by atoms with E-state index >= 15 is 0 Å². The minimum absolute atomic E-state index is 0.250. The number of rotatable bonds is 4. The molecule has 0 saturated heterocycles. The maximum absolute atomic E-state index is 10.5. The van der Waals surface area contributed by atoms with Gasteiger partial charge >= 0.3 is 0 Å². The first-order valence-corrected chi connectivity index (χ1v) is 5.67. The van der Waals surface area contributed by atoms with Gasteiger partial charge in [-0.1, -0.05) is 23.8 Å². The molecule has 0 heterocycles. The molecule has 1 aromatic rings. The summed E-state index contributed by atoms with van der Waals surface area (Å²) >= 11 is 1.56. The Labute approximate surface area is 88.9 Å². The summed E-state index contributed by atoms with van der Waals surface area (Å²) in [6.45, 7) is 4.15. The molecule has 0 radical (unpaired) electrons. The first kappa shape index (κ1) is 11.1. The molecule has 1 rings (SSSR count). The molecule has 0 saturated carbocycles. The second-order valence-electron chi connectivity index (χ2n) is 3.39. The third kappa shape index (κ3) is 3.42. The Hall–Kier alpha value is -0.960. The van der Waals surface area contributed by atoms with Gasteiger partial charge in [0.05, 0.1) is 5.75 Å². The molecule has 0 spiro atoms. The molecule has 2 nitrogen and oxygen atoms in total. The van der Waals surface area contributed by atoms with Gasteiger partial charge in [0.25, 0.3) is 0 Å². The Morgan fingerprint density at radius 3 is 2.79 bits per heavy atom. The van der Waals surface area contributed by atoms with E-state index in [0.717, 1.165) is 5.75 Å². The molecule has 0 aliphatic heterocycles. The molecule has 1 aromatic carbocycles. The number of hydrogen-bond acceptors (Lipinski definition) is 2. The minimum Gasteiger partial charge on any atom is -0.369 e. The van der Waals surface area contributed by atoms with E-state index in [0.29, 0.717) is 5.75 Å². The van der Waals surface area contributed by atoms with Gasteiger partial charge in [-0.05, 0) is 25.0 Å². The average Bonchev–Trinajstić information content (AvgIpc) is 2.10. The number of aryl methyl sites for hydroxylation is 2. The Morgan fingerprint density at radius 2 is 2.14 bits per heavy atom. The fraction of sp³-hybridized carbons (Fsp3) is 0.364. The summed E-state index contributed by atoms with van der Waals surface area (Å²) in [6.07, 6.45) is 0. The number of carbonyl (C=O) groups excluding carboxylic acids is 1. The molecule has 0 atom stereocenters. The van der Waals surface area contributed by atoms with Gasteiger partial charge in [-0.2, -0.15) is 0 Å². The number of primary amides is 1. The third-order valence-electron chi connectivity index (χ3n) is 2.01.